The van der Waals surface area contributed by atoms with E-state index in [0.717, 1.165) is 18.7 Å². The van der Waals surface area contributed by atoms with E-state index in [4.69, 9.17) is 4.74 Å². The quantitative estimate of drug-likeness (QED) is 0.821. The van der Waals surface area contributed by atoms with Gasteiger partial charge in [0.2, 0.25) is 5.91 Å². The number of carbonyl (C=O) groups excluding carboxylic acids is 1. The summed E-state index contributed by atoms with van der Waals surface area (Å²) < 4.78 is 5.73. The largest absolute Gasteiger partial charge is 0.374 e. The number of nitrogens with zero attached hydrogens (tertiary/aromatic N) is 1. The predicted octanol–water partition coefficient (Wildman–Crippen LogP) is 1.93. The number of rotatable bonds is 3. The van der Waals surface area contributed by atoms with Crippen LogP contribution >= 0.6 is 11.3 Å². The van der Waals surface area contributed by atoms with Gasteiger partial charge in [-0.1, -0.05) is 0 Å². The summed E-state index contributed by atoms with van der Waals surface area (Å²) in [5, 5.41) is 4.08. The molecule has 2 aliphatic rings. The first kappa shape index (κ1) is 11.2. The average Bonchev–Trinajstić information content (AvgIpc) is 3.09. The van der Waals surface area contributed by atoms with Crippen LogP contribution in [0.4, 0.5) is 0 Å². The van der Waals surface area contributed by atoms with Gasteiger partial charge in [-0.3, -0.25) is 4.79 Å². The van der Waals surface area contributed by atoms with E-state index < -0.39 is 0 Å². The van der Waals surface area contributed by atoms with E-state index in [1.165, 1.54) is 12.8 Å². The van der Waals surface area contributed by atoms with Gasteiger partial charge >= 0.3 is 0 Å². The topological polar surface area (TPSA) is 29.5 Å². The van der Waals surface area contributed by atoms with Crippen LogP contribution in [-0.4, -0.2) is 36.6 Å². The molecule has 1 atom stereocenters. The zero-order valence-electron chi connectivity index (χ0n) is 9.80. The number of carbonyl (C=O) groups is 1. The molecule has 1 aliphatic carbocycles. The zero-order valence-corrected chi connectivity index (χ0v) is 10.6. The van der Waals surface area contributed by atoms with Crippen LogP contribution in [0.25, 0.3) is 0 Å². The highest BCUT2D eigenvalue weighted by molar-refractivity contribution is 7.07. The van der Waals surface area contributed by atoms with Gasteiger partial charge in [0.25, 0.3) is 0 Å². The van der Waals surface area contributed by atoms with Gasteiger partial charge in [-0.25, -0.2) is 0 Å². The molecule has 3 rings (SSSR count). The number of ether oxygens (including phenoxy) is 1. The first-order chi connectivity index (χ1) is 8.33. The Kier molecular flexibility index (Phi) is 3.16. The Balaban J connectivity index is 1.57. The molecular weight excluding hydrogens is 234 g/mol. The van der Waals surface area contributed by atoms with Gasteiger partial charge in [-0.2, -0.15) is 11.3 Å². The molecule has 0 spiro atoms. The molecule has 1 unspecified atom stereocenters. The number of amides is 1. The third-order valence-corrected chi connectivity index (χ3v) is 4.26. The summed E-state index contributed by atoms with van der Waals surface area (Å²) in [6.07, 6.45) is 3.39. The molecule has 1 aromatic heterocycles. The van der Waals surface area contributed by atoms with Crippen LogP contribution in [0.1, 0.15) is 18.4 Å². The van der Waals surface area contributed by atoms with Crippen molar-refractivity contribution < 1.29 is 9.53 Å². The summed E-state index contributed by atoms with van der Waals surface area (Å²) in [6.45, 7) is 2.26. The lowest BCUT2D eigenvalue weighted by molar-refractivity contribution is -0.138. The van der Waals surface area contributed by atoms with Crippen LogP contribution in [0.15, 0.2) is 16.8 Å². The predicted molar refractivity (Wildman–Crippen MR) is 67.1 cm³/mol. The first-order valence-electron chi connectivity index (χ1n) is 6.23. The average molecular weight is 251 g/mol. The molecule has 1 amide bonds. The van der Waals surface area contributed by atoms with E-state index in [2.05, 4.69) is 5.38 Å². The summed E-state index contributed by atoms with van der Waals surface area (Å²) in [6, 6.07) is 2.03. The van der Waals surface area contributed by atoms with Gasteiger partial charge in [-0.15, -0.1) is 0 Å². The monoisotopic (exact) mass is 251 g/mol. The lowest BCUT2D eigenvalue weighted by Gasteiger charge is -2.33. The molecule has 0 N–H and O–H groups in total. The number of hydrogen-bond donors (Lipinski definition) is 0. The van der Waals surface area contributed by atoms with Gasteiger partial charge in [0, 0.05) is 13.1 Å². The van der Waals surface area contributed by atoms with Crippen molar-refractivity contribution in [2.45, 2.75) is 25.4 Å². The fraction of sp³-hybridized carbons (Fsp3) is 0.615. The molecule has 92 valence electrons. The third kappa shape index (κ3) is 2.69. The van der Waals surface area contributed by atoms with E-state index in [-0.39, 0.29) is 5.91 Å². The van der Waals surface area contributed by atoms with Crippen LogP contribution in [0.5, 0.6) is 0 Å². The summed E-state index contributed by atoms with van der Waals surface area (Å²) in [5.41, 5.74) is 1.13. The molecule has 2 fully saturated rings. The van der Waals surface area contributed by atoms with E-state index in [9.17, 15) is 4.79 Å². The standard InChI is InChI=1S/C13H17NO2S/c15-13(7-10-3-6-17-9-10)14-4-5-16-12(8-14)11-1-2-11/h3,6,9,11-12H,1-2,4-5,7-8H2. The SMILES string of the molecule is O=C(Cc1ccsc1)N1CCOC(C2CC2)C1. The normalized spacial score (nSPS) is 24.9. The molecule has 0 radical (unpaired) electrons. The molecule has 17 heavy (non-hydrogen) atoms. The second-order valence-electron chi connectivity index (χ2n) is 4.89. The molecule has 1 saturated heterocycles. The van der Waals surface area contributed by atoms with Crippen LogP contribution in [0, 0.1) is 5.92 Å². The van der Waals surface area contributed by atoms with Crippen molar-refractivity contribution in [1.82, 2.24) is 4.90 Å². The first-order valence-corrected chi connectivity index (χ1v) is 7.17. The van der Waals surface area contributed by atoms with E-state index >= 15 is 0 Å². The van der Waals surface area contributed by atoms with Crippen molar-refractivity contribution in [2.75, 3.05) is 19.7 Å². The van der Waals surface area contributed by atoms with Gasteiger partial charge in [0.05, 0.1) is 19.1 Å². The summed E-state index contributed by atoms with van der Waals surface area (Å²) in [5.74, 6) is 0.962. The lowest BCUT2D eigenvalue weighted by Crippen LogP contribution is -2.46. The van der Waals surface area contributed by atoms with Gasteiger partial charge in [-0.05, 0) is 41.1 Å². The molecule has 0 aromatic carbocycles. The van der Waals surface area contributed by atoms with Crippen molar-refractivity contribution in [2.24, 2.45) is 5.92 Å². The summed E-state index contributed by atoms with van der Waals surface area (Å²) in [4.78, 5) is 14.1. The second-order valence-corrected chi connectivity index (χ2v) is 5.67. The second kappa shape index (κ2) is 4.78. The van der Waals surface area contributed by atoms with Crippen molar-refractivity contribution in [3.05, 3.63) is 22.4 Å². The van der Waals surface area contributed by atoms with Crippen LogP contribution in [0.3, 0.4) is 0 Å². The fourth-order valence-corrected chi connectivity index (χ4v) is 3.00. The maximum Gasteiger partial charge on any atom is 0.227 e. The zero-order chi connectivity index (χ0) is 11.7. The Labute approximate surface area is 105 Å². The highest BCUT2D eigenvalue weighted by Crippen LogP contribution is 2.35. The van der Waals surface area contributed by atoms with E-state index in [1.807, 2.05) is 16.3 Å². The Hall–Kier alpha value is -0.870. The number of morpholine rings is 1. The van der Waals surface area contributed by atoms with Gasteiger partial charge < -0.3 is 9.64 Å². The minimum absolute atomic E-state index is 0.248. The number of thiophene rings is 1. The molecule has 1 aromatic rings. The van der Waals surface area contributed by atoms with Crippen molar-refractivity contribution in [3.63, 3.8) is 0 Å². The van der Waals surface area contributed by atoms with Crippen LogP contribution < -0.4 is 0 Å². The van der Waals surface area contributed by atoms with Gasteiger partial charge in [0.1, 0.15) is 0 Å². The van der Waals surface area contributed by atoms with E-state index in [1.54, 1.807) is 11.3 Å². The summed E-state index contributed by atoms with van der Waals surface area (Å²) >= 11 is 1.65. The minimum Gasteiger partial charge on any atom is -0.374 e. The number of hydrogen-bond acceptors (Lipinski definition) is 3. The molecular formula is C13H17NO2S. The van der Waals surface area contributed by atoms with Crippen LogP contribution in [0.2, 0.25) is 0 Å². The maximum absolute atomic E-state index is 12.1. The Morgan fingerprint density at radius 3 is 3.12 bits per heavy atom. The van der Waals surface area contributed by atoms with Crippen molar-refractivity contribution in [1.29, 1.82) is 0 Å². The molecule has 2 heterocycles. The third-order valence-electron chi connectivity index (χ3n) is 3.53. The smallest absolute Gasteiger partial charge is 0.227 e. The van der Waals surface area contributed by atoms with E-state index in [0.29, 0.717) is 25.0 Å². The van der Waals surface area contributed by atoms with Crippen molar-refractivity contribution >= 4 is 17.2 Å². The minimum atomic E-state index is 0.248. The molecule has 4 heteroatoms. The Morgan fingerprint density at radius 1 is 1.53 bits per heavy atom. The highest BCUT2D eigenvalue weighted by Gasteiger charge is 2.36. The molecule has 0 bridgehead atoms. The molecule has 3 nitrogen and oxygen atoms in total. The molecule has 1 saturated carbocycles. The summed E-state index contributed by atoms with van der Waals surface area (Å²) in [7, 11) is 0. The fourth-order valence-electron chi connectivity index (χ4n) is 2.33. The lowest BCUT2D eigenvalue weighted by atomic mass is 10.1. The molecule has 1 aliphatic heterocycles. The maximum atomic E-state index is 12.1. The van der Waals surface area contributed by atoms with Gasteiger partial charge in [0.15, 0.2) is 0 Å². The Bertz CT molecular complexity index is 386. The van der Waals surface area contributed by atoms with Crippen molar-refractivity contribution in [3.8, 4) is 0 Å². The Morgan fingerprint density at radius 2 is 2.41 bits per heavy atom. The van der Waals surface area contributed by atoms with Crippen LogP contribution in [-0.2, 0) is 16.0 Å². The highest BCUT2D eigenvalue weighted by atomic mass is 32.1.